The van der Waals surface area contributed by atoms with Crippen LogP contribution in [-0.2, 0) is 4.74 Å². The van der Waals surface area contributed by atoms with Gasteiger partial charge in [0.25, 0.3) is 0 Å². The highest BCUT2D eigenvalue weighted by Crippen LogP contribution is 2.11. The van der Waals surface area contributed by atoms with Crippen molar-refractivity contribution >= 4 is 11.6 Å². The van der Waals surface area contributed by atoms with Crippen LogP contribution in [0.5, 0.6) is 0 Å². The van der Waals surface area contributed by atoms with E-state index in [1.165, 1.54) is 0 Å². The molecule has 0 saturated carbocycles. The molecule has 0 fully saturated rings. The number of alkyl halides is 1. The molecule has 1 unspecified atom stereocenters. The molecule has 0 aromatic heterocycles. The highest BCUT2D eigenvalue weighted by molar-refractivity contribution is 6.18. The van der Waals surface area contributed by atoms with Crippen molar-refractivity contribution in [2.75, 3.05) is 19.1 Å². The second kappa shape index (κ2) is 9.08. The normalized spacial score (nSPS) is 12.8. The van der Waals surface area contributed by atoms with Gasteiger partial charge in [0, 0.05) is 19.1 Å². The standard InChI is InChI=1S/C10H19ClO/c1-3-5-10(9-11)6-8-12-7-4-2/h3,10H,1,4-9H2,2H3. The molecular formula is C10H19ClO. The molecule has 0 aromatic rings. The summed E-state index contributed by atoms with van der Waals surface area (Å²) in [5.41, 5.74) is 0. The van der Waals surface area contributed by atoms with Crippen LogP contribution < -0.4 is 0 Å². The third kappa shape index (κ3) is 6.68. The van der Waals surface area contributed by atoms with Gasteiger partial charge in [-0.25, -0.2) is 0 Å². The topological polar surface area (TPSA) is 9.23 Å². The van der Waals surface area contributed by atoms with Gasteiger partial charge in [0.1, 0.15) is 0 Å². The van der Waals surface area contributed by atoms with Crippen LogP contribution in [0.2, 0.25) is 0 Å². The van der Waals surface area contributed by atoms with E-state index in [4.69, 9.17) is 16.3 Å². The minimum absolute atomic E-state index is 0.543. The molecule has 0 aromatic carbocycles. The lowest BCUT2D eigenvalue weighted by Crippen LogP contribution is -2.06. The van der Waals surface area contributed by atoms with Crippen molar-refractivity contribution in [1.82, 2.24) is 0 Å². The first-order valence-electron chi connectivity index (χ1n) is 4.59. The van der Waals surface area contributed by atoms with Crippen molar-refractivity contribution < 1.29 is 4.74 Å². The second-order valence-corrected chi connectivity index (χ2v) is 3.25. The number of ether oxygens (including phenoxy) is 1. The van der Waals surface area contributed by atoms with Gasteiger partial charge in [-0.15, -0.1) is 18.2 Å². The minimum atomic E-state index is 0.543. The lowest BCUT2D eigenvalue weighted by Gasteiger charge is -2.10. The van der Waals surface area contributed by atoms with Gasteiger partial charge in [0.05, 0.1) is 0 Å². The maximum Gasteiger partial charge on any atom is 0.0469 e. The molecule has 2 heteroatoms. The maximum absolute atomic E-state index is 5.76. The lowest BCUT2D eigenvalue weighted by atomic mass is 10.0. The second-order valence-electron chi connectivity index (χ2n) is 2.95. The molecule has 0 aliphatic carbocycles. The van der Waals surface area contributed by atoms with E-state index in [0.717, 1.165) is 32.5 Å². The summed E-state index contributed by atoms with van der Waals surface area (Å²) in [5.74, 6) is 1.25. The van der Waals surface area contributed by atoms with Crippen LogP contribution in [0.4, 0.5) is 0 Å². The molecule has 0 aliphatic heterocycles. The van der Waals surface area contributed by atoms with E-state index >= 15 is 0 Å². The smallest absolute Gasteiger partial charge is 0.0469 e. The van der Waals surface area contributed by atoms with Gasteiger partial charge in [-0.2, -0.15) is 0 Å². The van der Waals surface area contributed by atoms with E-state index in [9.17, 15) is 0 Å². The highest BCUT2D eigenvalue weighted by Gasteiger charge is 2.04. The van der Waals surface area contributed by atoms with Crippen LogP contribution in [-0.4, -0.2) is 19.1 Å². The third-order valence-corrected chi connectivity index (χ3v) is 2.17. The summed E-state index contributed by atoms with van der Waals surface area (Å²) >= 11 is 5.76. The van der Waals surface area contributed by atoms with Crippen LogP contribution >= 0.6 is 11.6 Å². The number of halogens is 1. The molecule has 0 N–H and O–H groups in total. The molecular weight excluding hydrogens is 172 g/mol. The number of hydrogen-bond donors (Lipinski definition) is 0. The third-order valence-electron chi connectivity index (χ3n) is 1.74. The summed E-state index contributed by atoms with van der Waals surface area (Å²) in [6, 6.07) is 0. The molecule has 12 heavy (non-hydrogen) atoms. The molecule has 0 aliphatic rings. The SMILES string of the molecule is C=CCC(CCl)CCOCCC. The van der Waals surface area contributed by atoms with Crippen molar-refractivity contribution in [2.24, 2.45) is 5.92 Å². The highest BCUT2D eigenvalue weighted by atomic mass is 35.5. The largest absolute Gasteiger partial charge is 0.381 e. The lowest BCUT2D eigenvalue weighted by molar-refractivity contribution is 0.123. The molecule has 0 rings (SSSR count). The molecule has 0 heterocycles. The summed E-state index contributed by atoms with van der Waals surface area (Å²) in [4.78, 5) is 0. The molecule has 72 valence electrons. The van der Waals surface area contributed by atoms with Gasteiger partial charge >= 0.3 is 0 Å². The Labute approximate surface area is 80.8 Å². The minimum Gasteiger partial charge on any atom is -0.381 e. The van der Waals surface area contributed by atoms with Crippen molar-refractivity contribution in [3.8, 4) is 0 Å². The summed E-state index contributed by atoms with van der Waals surface area (Å²) < 4.78 is 5.37. The molecule has 1 atom stereocenters. The fraction of sp³-hybridized carbons (Fsp3) is 0.800. The first-order valence-corrected chi connectivity index (χ1v) is 5.13. The van der Waals surface area contributed by atoms with E-state index in [1.807, 2.05) is 6.08 Å². The Morgan fingerprint density at radius 3 is 2.75 bits per heavy atom. The van der Waals surface area contributed by atoms with Crippen LogP contribution in [0.3, 0.4) is 0 Å². The molecule has 0 saturated heterocycles. The summed E-state index contributed by atoms with van der Waals surface area (Å²) in [7, 11) is 0. The maximum atomic E-state index is 5.76. The molecule has 0 bridgehead atoms. The van der Waals surface area contributed by atoms with Gasteiger partial charge in [0.15, 0.2) is 0 Å². The molecule has 1 nitrogen and oxygen atoms in total. The van der Waals surface area contributed by atoms with Crippen LogP contribution in [0, 0.1) is 5.92 Å². The summed E-state index contributed by atoms with van der Waals surface area (Å²) in [6.07, 6.45) is 5.06. The van der Waals surface area contributed by atoms with Crippen molar-refractivity contribution in [1.29, 1.82) is 0 Å². The predicted molar refractivity (Wildman–Crippen MR) is 54.8 cm³/mol. The van der Waals surface area contributed by atoms with Gasteiger partial charge in [-0.05, 0) is 25.2 Å². The van der Waals surface area contributed by atoms with Crippen LogP contribution in [0.15, 0.2) is 12.7 Å². The zero-order chi connectivity index (χ0) is 9.23. The van der Waals surface area contributed by atoms with E-state index in [0.29, 0.717) is 11.8 Å². The van der Waals surface area contributed by atoms with Crippen LogP contribution in [0.25, 0.3) is 0 Å². The van der Waals surface area contributed by atoms with E-state index in [1.54, 1.807) is 0 Å². The first kappa shape index (κ1) is 12.0. The zero-order valence-corrected chi connectivity index (χ0v) is 8.65. The molecule has 0 amide bonds. The van der Waals surface area contributed by atoms with E-state index in [2.05, 4.69) is 13.5 Å². The van der Waals surface area contributed by atoms with Gasteiger partial charge in [-0.1, -0.05) is 13.0 Å². The zero-order valence-electron chi connectivity index (χ0n) is 7.89. The fourth-order valence-electron chi connectivity index (χ4n) is 0.990. The Morgan fingerprint density at radius 2 is 2.25 bits per heavy atom. The Morgan fingerprint density at radius 1 is 1.50 bits per heavy atom. The Kier molecular flexibility index (Phi) is 9.07. The number of allylic oxidation sites excluding steroid dienone is 1. The Hall–Kier alpha value is -0.0100. The van der Waals surface area contributed by atoms with Gasteiger partial charge in [-0.3, -0.25) is 0 Å². The van der Waals surface area contributed by atoms with Crippen molar-refractivity contribution in [3.63, 3.8) is 0 Å². The van der Waals surface area contributed by atoms with E-state index < -0.39 is 0 Å². The van der Waals surface area contributed by atoms with Crippen molar-refractivity contribution in [2.45, 2.75) is 26.2 Å². The average molecular weight is 191 g/mol. The monoisotopic (exact) mass is 190 g/mol. The first-order chi connectivity index (χ1) is 5.85. The summed E-state index contributed by atoms with van der Waals surface area (Å²) in [5, 5.41) is 0. The molecule has 0 spiro atoms. The number of rotatable bonds is 8. The van der Waals surface area contributed by atoms with E-state index in [-0.39, 0.29) is 0 Å². The summed E-state index contributed by atoms with van der Waals surface area (Å²) in [6.45, 7) is 7.50. The van der Waals surface area contributed by atoms with Crippen molar-refractivity contribution in [3.05, 3.63) is 12.7 Å². The Balaban J connectivity index is 3.25. The van der Waals surface area contributed by atoms with Crippen LogP contribution in [0.1, 0.15) is 26.2 Å². The van der Waals surface area contributed by atoms with Gasteiger partial charge < -0.3 is 4.74 Å². The Bertz CT molecular complexity index is 104. The average Bonchev–Trinajstić information content (AvgIpc) is 2.10. The number of hydrogen-bond acceptors (Lipinski definition) is 1. The quantitative estimate of drug-likeness (QED) is 0.325. The van der Waals surface area contributed by atoms with Gasteiger partial charge in [0.2, 0.25) is 0 Å². The predicted octanol–water partition coefficient (Wildman–Crippen LogP) is 3.23. The molecule has 0 radical (unpaired) electrons. The fourth-order valence-corrected chi connectivity index (χ4v) is 1.27.